The van der Waals surface area contributed by atoms with Crippen molar-refractivity contribution < 1.29 is 5.11 Å². The summed E-state index contributed by atoms with van der Waals surface area (Å²) in [6, 6.07) is 1.94. The van der Waals surface area contributed by atoms with E-state index in [9.17, 15) is 5.11 Å². The van der Waals surface area contributed by atoms with E-state index in [1.54, 1.807) is 12.4 Å². The van der Waals surface area contributed by atoms with E-state index in [1.807, 2.05) is 6.07 Å². The van der Waals surface area contributed by atoms with Gasteiger partial charge in [-0.1, -0.05) is 11.6 Å². The van der Waals surface area contributed by atoms with E-state index in [1.165, 1.54) is 0 Å². The minimum Gasteiger partial charge on any atom is -0.396 e. The van der Waals surface area contributed by atoms with Crippen molar-refractivity contribution in [2.24, 2.45) is 5.41 Å². The standard InChI is InChI=1S/C12H17ClN2O/c13-11-7-14-5-2-10(11)6-12(9-16)3-1-4-15-8-12/h2,5,7,15-16H,1,3-4,6,8-9H2. The molecule has 16 heavy (non-hydrogen) atoms. The number of aliphatic hydroxyl groups excluding tert-OH is 1. The zero-order chi connectivity index (χ0) is 11.4. The number of hydrogen-bond acceptors (Lipinski definition) is 3. The van der Waals surface area contributed by atoms with Crippen LogP contribution in [0.3, 0.4) is 0 Å². The Morgan fingerprint density at radius 1 is 1.56 bits per heavy atom. The molecule has 1 saturated heterocycles. The molecule has 2 N–H and O–H groups in total. The van der Waals surface area contributed by atoms with Gasteiger partial charge in [-0.05, 0) is 37.4 Å². The lowest BCUT2D eigenvalue weighted by molar-refractivity contribution is 0.0948. The summed E-state index contributed by atoms with van der Waals surface area (Å²) in [5, 5.41) is 13.6. The molecule has 0 spiro atoms. The highest BCUT2D eigenvalue weighted by Gasteiger charge is 2.32. The highest BCUT2D eigenvalue weighted by atomic mass is 35.5. The van der Waals surface area contributed by atoms with E-state index in [2.05, 4.69) is 10.3 Å². The smallest absolute Gasteiger partial charge is 0.0621 e. The van der Waals surface area contributed by atoms with Gasteiger partial charge in [0.05, 0.1) is 11.6 Å². The van der Waals surface area contributed by atoms with Gasteiger partial charge in [-0.15, -0.1) is 0 Å². The van der Waals surface area contributed by atoms with Gasteiger partial charge in [0.15, 0.2) is 0 Å². The summed E-state index contributed by atoms with van der Waals surface area (Å²) in [7, 11) is 0. The first-order chi connectivity index (χ1) is 7.76. The Bertz CT molecular complexity index is 351. The van der Waals surface area contributed by atoms with Crippen LogP contribution in [0.15, 0.2) is 18.5 Å². The molecule has 0 radical (unpaired) electrons. The summed E-state index contributed by atoms with van der Waals surface area (Å²) in [6.07, 6.45) is 6.40. The normalized spacial score (nSPS) is 25.6. The number of aliphatic hydroxyl groups is 1. The second kappa shape index (κ2) is 5.13. The molecule has 1 aliphatic heterocycles. The molecular formula is C12H17ClN2O. The fraction of sp³-hybridized carbons (Fsp3) is 0.583. The van der Waals surface area contributed by atoms with Gasteiger partial charge in [0.25, 0.3) is 0 Å². The van der Waals surface area contributed by atoms with E-state index in [0.717, 1.165) is 37.9 Å². The maximum Gasteiger partial charge on any atom is 0.0621 e. The van der Waals surface area contributed by atoms with Gasteiger partial charge >= 0.3 is 0 Å². The summed E-state index contributed by atoms with van der Waals surface area (Å²) in [5.74, 6) is 0. The molecule has 2 rings (SSSR count). The third-order valence-corrected chi connectivity index (χ3v) is 3.66. The number of piperidine rings is 1. The Balaban J connectivity index is 2.15. The first-order valence-corrected chi connectivity index (χ1v) is 6.04. The topological polar surface area (TPSA) is 45.2 Å². The molecule has 0 amide bonds. The molecule has 0 aliphatic carbocycles. The van der Waals surface area contributed by atoms with Crippen LogP contribution in [-0.4, -0.2) is 29.8 Å². The van der Waals surface area contributed by atoms with Gasteiger partial charge in [0, 0.05) is 24.4 Å². The molecule has 1 fully saturated rings. The van der Waals surface area contributed by atoms with Crippen LogP contribution in [0.25, 0.3) is 0 Å². The molecule has 1 atom stereocenters. The molecule has 0 saturated carbocycles. The van der Waals surface area contributed by atoms with Gasteiger partial charge in [0.2, 0.25) is 0 Å². The summed E-state index contributed by atoms with van der Waals surface area (Å²) >= 11 is 6.10. The van der Waals surface area contributed by atoms with Crippen molar-refractivity contribution in [2.75, 3.05) is 19.7 Å². The lowest BCUT2D eigenvalue weighted by Crippen LogP contribution is -2.44. The minimum absolute atomic E-state index is 0.0523. The number of rotatable bonds is 3. The van der Waals surface area contributed by atoms with Crippen molar-refractivity contribution in [2.45, 2.75) is 19.3 Å². The van der Waals surface area contributed by atoms with E-state index in [0.29, 0.717) is 5.02 Å². The van der Waals surface area contributed by atoms with Crippen LogP contribution in [0, 0.1) is 5.41 Å². The number of halogens is 1. The van der Waals surface area contributed by atoms with Crippen molar-refractivity contribution >= 4 is 11.6 Å². The summed E-state index contributed by atoms with van der Waals surface area (Å²) in [5.41, 5.74) is 1.03. The Hall–Kier alpha value is -0.640. The Kier molecular flexibility index (Phi) is 3.79. The molecule has 1 aromatic heterocycles. The zero-order valence-corrected chi connectivity index (χ0v) is 10.0. The number of pyridine rings is 1. The highest BCUT2D eigenvalue weighted by Crippen LogP contribution is 2.32. The van der Waals surface area contributed by atoms with Crippen LogP contribution >= 0.6 is 11.6 Å². The molecule has 0 bridgehead atoms. The maximum atomic E-state index is 9.60. The second-order valence-electron chi connectivity index (χ2n) is 4.58. The summed E-state index contributed by atoms with van der Waals surface area (Å²) in [6.45, 7) is 2.12. The summed E-state index contributed by atoms with van der Waals surface area (Å²) in [4.78, 5) is 3.98. The van der Waals surface area contributed by atoms with Crippen LogP contribution in [-0.2, 0) is 6.42 Å². The average Bonchev–Trinajstić information content (AvgIpc) is 2.33. The quantitative estimate of drug-likeness (QED) is 0.845. The van der Waals surface area contributed by atoms with Crippen molar-refractivity contribution in [1.82, 2.24) is 10.3 Å². The molecule has 3 nitrogen and oxygen atoms in total. The minimum atomic E-state index is -0.0523. The van der Waals surface area contributed by atoms with Crippen LogP contribution in [0.4, 0.5) is 0 Å². The third kappa shape index (κ3) is 2.54. The first-order valence-electron chi connectivity index (χ1n) is 5.66. The van der Waals surface area contributed by atoms with Gasteiger partial charge in [-0.2, -0.15) is 0 Å². The van der Waals surface area contributed by atoms with Crippen LogP contribution in [0.1, 0.15) is 18.4 Å². The predicted octanol–water partition coefficient (Wildman–Crippen LogP) is 1.64. The van der Waals surface area contributed by atoms with Crippen molar-refractivity contribution in [3.05, 3.63) is 29.0 Å². The number of aromatic nitrogens is 1. The van der Waals surface area contributed by atoms with E-state index < -0.39 is 0 Å². The summed E-state index contributed by atoms with van der Waals surface area (Å²) < 4.78 is 0. The van der Waals surface area contributed by atoms with Crippen LogP contribution < -0.4 is 5.32 Å². The number of hydrogen-bond donors (Lipinski definition) is 2. The van der Waals surface area contributed by atoms with Gasteiger partial charge < -0.3 is 10.4 Å². The number of nitrogens with one attached hydrogen (secondary N) is 1. The van der Waals surface area contributed by atoms with E-state index >= 15 is 0 Å². The molecule has 88 valence electrons. The molecule has 0 aromatic carbocycles. The Morgan fingerprint density at radius 3 is 3.06 bits per heavy atom. The molecule has 2 heterocycles. The lowest BCUT2D eigenvalue weighted by atomic mass is 9.76. The molecule has 1 aromatic rings. The first kappa shape index (κ1) is 11.8. The molecule has 1 unspecified atom stereocenters. The SMILES string of the molecule is OCC1(Cc2ccncc2Cl)CCCNC1. The largest absolute Gasteiger partial charge is 0.396 e. The van der Waals surface area contributed by atoms with Gasteiger partial charge in [-0.25, -0.2) is 0 Å². The Labute approximate surface area is 101 Å². The highest BCUT2D eigenvalue weighted by molar-refractivity contribution is 6.31. The third-order valence-electron chi connectivity index (χ3n) is 3.32. The van der Waals surface area contributed by atoms with Crippen molar-refractivity contribution in [3.63, 3.8) is 0 Å². The fourth-order valence-corrected chi connectivity index (χ4v) is 2.51. The monoisotopic (exact) mass is 240 g/mol. The van der Waals surface area contributed by atoms with E-state index in [4.69, 9.17) is 11.6 Å². The molecule has 4 heteroatoms. The van der Waals surface area contributed by atoms with E-state index in [-0.39, 0.29) is 12.0 Å². The van der Waals surface area contributed by atoms with Gasteiger partial charge in [-0.3, -0.25) is 4.98 Å². The lowest BCUT2D eigenvalue weighted by Gasteiger charge is -2.36. The number of nitrogens with zero attached hydrogens (tertiary/aromatic N) is 1. The molecule has 1 aliphatic rings. The van der Waals surface area contributed by atoms with Gasteiger partial charge in [0.1, 0.15) is 0 Å². The molecular weight excluding hydrogens is 224 g/mol. The second-order valence-corrected chi connectivity index (χ2v) is 4.99. The average molecular weight is 241 g/mol. The van der Waals surface area contributed by atoms with Crippen molar-refractivity contribution in [1.29, 1.82) is 0 Å². The van der Waals surface area contributed by atoms with Crippen LogP contribution in [0.2, 0.25) is 5.02 Å². The predicted molar refractivity (Wildman–Crippen MR) is 64.6 cm³/mol. The zero-order valence-electron chi connectivity index (χ0n) is 9.25. The van der Waals surface area contributed by atoms with Crippen LogP contribution in [0.5, 0.6) is 0 Å². The van der Waals surface area contributed by atoms with Crippen molar-refractivity contribution in [3.8, 4) is 0 Å². The fourth-order valence-electron chi connectivity index (χ4n) is 2.32. The Morgan fingerprint density at radius 2 is 2.44 bits per heavy atom. The maximum absolute atomic E-state index is 9.60.